The van der Waals surface area contributed by atoms with Crippen molar-refractivity contribution in [3.8, 4) is 5.75 Å². The second-order valence-electron chi connectivity index (χ2n) is 5.36. The van der Waals surface area contributed by atoms with Crippen LogP contribution in [0, 0.1) is 0 Å². The standard InChI is InChI=1S/C20H19NO/c1-2-7-16-9-4-6-11-19(16)21-14-18-17-10-5-3-8-15(17)12-13-20(18)22/h3-6,8-14,22H,2,7H2,1H3. The normalized spacial score (nSPS) is 11.3. The van der Waals surface area contributed by atoms with Crippen molar-refractivity contribution in [3.05, 3.63) is 71.8 Å². The molecule has 3 aromatic rings. The minimum atomic E-state index is 0.260. The molecule has 1 N–H and O–H groups in total. The first-order chi connectivity index (χ1) is 10.8. The summed E-state index contributed by atoms with van der Waals surface area (Å²) in [6, 6.07) is 19.8. The van der Waals surface area contributed by atoms with Gasteiger partial charge in [-0.1, -0.05) is 61.9 Å². The molecule has 0 bridgehead atoms. The first-order valence-corrected chi connectivity index (χ1v) is 7.62. The Morgan fingerprint density at radius 1 is 0.955 bits per heavy atom. The smallest absolute Gasteiger partial charge is 0.124 e. The predicted octanol–water partition coefficient (Wildman–Crippen LogP) is 5.25. The Labute approximate surface area is 130 Å². The average molecular weight is 289 g/mol. The molecule has 2 nitrogen and oxygen atoms in total. The highest BCUT2D eigenvalue weighted by molar-refractivity contribution is 6.03. The predicted molar refractivity (Wildman–Crippen MR) is 93.3 cm³/mol. The SMILES string of the molecule is CCCc1ccccc1N=Cc1c(O)ccc2ccccc12. The van der Waals surface area contributed by atoms with E-state index in [4.69, 9.17) is 0 Å². The number of nitrogens with zero attached hydrogens (tertiary/aromatic N) is 1. The van der Waals surface area contributed by atoms with Gasteiger partial charge in [-0.2, -0.15) is 0 Å². The fraction of sp³-hybridized carbons (Fsp3) is 0.150. The zero-order chi connectivity index (χ0) is 15.4. The minimum absolute atomic E-state index is 0.260. The van der Waals surface area contributed by atoms with Crippen molar-refractivity contribution in [3.63, 3.8) is 0 Å². The van der Waals surface area contributed by atoms with Gasteiger partial charge in [0.25, 0.3) is 0 Å². The Morgan fingerprint density at radius 2 is 1.73 bits per heavy atom. The van der Waals surface area contributed by atoms with Gasteiger partial charge < -0.3 is 5.11 Å². The Balaban J connectivity index is 2.05. The first-order valence-electron chi connectivity index (χ1n) is 7.62. The summed E-state index contributed by atoms with van der Waals surface area (Å²) in [7, 11) is 0. The third-order valence-corrected chi connectivity index (χ3v) is 3.79. The Bertz CT molecular complexity index is 821. The molecular weight excluding hydrogens is 270 g/mol. The summed E-state index contributed by atoms with van der Waals surface area (Å²) < 4.78 is 0. The lowest BCUT2D eigenvalue weighted by Crippen LogP contribution is -1.88. The van der Waals surface area contributed by atoms with Gasteiger partial charge in [0.2, 0.25) is 0 Å². The van der Waals surface area contributed by atoms with E-state index in [2.05, 4.69) is 18.0 Å². The molecule has 0 aliphatic carbocycles. The van der Waals surface area contributed by atoms with Gasteiger partial charge >= 0.3 is 0 Å². The lowest BCUT2D eigenvalue weighted by molar-refractivity contribution is 0.475. The van der Waals surface area contributed by atoms with Crippen molar-refractivity contribution in [2.24, 2.45) is 4.99 Å². The summed E-state index contributed by atoms with van der Waals surface area (Å²) in [5, 5.41) is 12.3. The van der Waals surface area contributed by atoms with Gasteiger partial charge in [-0.15, -0.1) is 0 Å². The molecule has 0 atom stereocenters. The third-order valence-electron chi connectivity index (χ3n) is 3.79. The number of rotatable bonds is 4. The van der Waals surface area contributed by atoms with Gasteiger partial charge in [-0.3, -0.25) is 4.99 Å². The van der Waals surface area contributed by atoms with Gasteiger partial charge in [-0.25, -0.2) is 0 Å². The van der Waals surface area contributed by atoms with E-state index < -0.39 is 0 Å². The van der Waals surface area contributed by atoms with Crippen molar-refractivity contribution in [1.29, 1.82) is 0 Å². The van der Waals surface area contributed by atoms with Crippen LogP contribution >= 0.6 is 0 Å². The summed E-state index contributed by atoms with van der Waals surface area (Å²) in [6.07, 6.45) is 3.87. The Kier molecular flexibility index (Phi) is 4.19. The topological polar surface area (TPSA) is 32.6 Å². The summed E-state index contributed by atoms with van der Waals surface area (Å²) in [6.45, 7) is 2.16. The zero-order valence-corrected chi connectivity index (χ0v) is 12.7. The van der Waals surface area contributed by atoms with Crippen molar-refractivity contribution in [2.75, 3.05) is 0 Å². The largest absolute Gasteiger partial charge is 0.507 e. The van der Waals surface area contributed by atoms with Crippen LogP contribution in [0.2, 0.25) is 0 Å². The minimum Gasteiger partial charge on any atom is -0.507 e. The van der Waals surface area contributed by atoms with Crippen molar-refractivity contribution in [2.45, 2.75) is 19.8 Å². The molecule has 0 aliphatic heterocycles. The van der Waals surface area contributed by atoms with Crippen molar-refractivity contribution < 1.29 is 5.11 Å². The number of aliphatic imine (C=N–C) groups is 1. The van der Waals surface area contributed by atoms with Crippen LogP contribution in [0.4, 0.5) is 5.69 Å². The summed E-state index contributed by atoms with van der Waals surface area (Å²) in [5.74, 6) is 0.260. The van der Waals surface area contributed by atoms with Gasteiger partial charge in [-0.05, 0) is 34.9 Å². The van der Waals surface area contributed by atoms with E-state index in [-0.39, 0.29) is 5.75 Å². The van der Waals surface area contributed by atoms with Crippen LogP contribution in [0.15, 0.2) is 65.7 Å². The molecular formula is C20H19NO. The molecule has 0 saturated heterocycles. The lowest BCUT2D eigenvalue weighted by atomic mass is 10.0. The molecule has 3 rings (SSSR count). The van der Waals surface area contributed by atoms with Gasteiger partial charge in [0.15, 0.2) is 0 Å². The number of aryl methyl sites for hydroxylation is 1. The van der Waals surface area contributed by atoms with Crippen LogP contribution in [-0.2, 0) is 6.42 Å². The number of hydrogen-bond donors (Lipinski definition) is 1. The highest BCUT2D eigenvalue weighted by atomic mass is 16.3. The molecule has 0 radical (unpaired) electrons. The fourth-order valence-corrected chi connectivity index (χ4v) is 2.67. The molecule has 3 aromatic carbocycles. The monoisotopic (exact) mass is 289 g/mol. The molecule has 110 valence electrons. The third kappa shape index (κ3) is 2.86. The molecule has 0 aromatic heterocycles. The summed E-state index contributed by atoms with van der Waals surface area (Å²) >= 11 is 0. The highest BCUT2D eigenvalue weighted by Crippen LogP contribution is 2.27. The maximum Gasteiger partial charge on any atom is 0.124 e. The Morgan fingerprint density at radius 3 is 2.59 bits per heavy atom. The summed E-state index contributed by atoms with van der Waals surface area (Å²) in [4.78, 5) is 4.62. The van der Waals surface area contributed by atoms with Crippen LogP contribution in [0.1, 0.15) is 24.5 Å². The maximum absolute atomic E-state index is 10.2. The van der Waals surface area contributed by atoms with E-state index in [0.717, 1.165) is 34.9 Å². The van der Waals surface area contributed by atoms with Gasteiger partial charge in [0.1, 0.15) is 5.75 Å². The van der Waals surface area contributed by atoms with E-state index >= 15 is 0 Å². The molecule has 0 unspecified atom stereocenters. The quantitative estimate of drug-likeness (QED) is 0.654. The first kappa shape index (κ1) is 14.3. The van der Waals surface area contributed by atoms with Crippen LogP contribution in [0.5, 0.6) is 5.75 Å². The second kappa shape index (κ2) is 6.44. The number of benzene rings is 3. The van der Waals surface area contributed by atoms with E-state index in [1.807, 2.05) is 48.5 Å². The Hall–Kier alpha value is -2.61. The highest BCUT2D eigenvalue weighted by Gasteiger charge is 2.05. The van der Waals surface area contributed by atoms with Crippen LogP contribution in [-0.4, -0.2) is 11.3 Å². The summed E-state index contributed by atoms with van der Waals surface area (Å²) in [5.41, 5.74) is 2.97. The number of phenols is 1. The average Bonchev–Trinajstić information content (AvgIpc) is 2.55. The van der Waals surface area contributed by atoms with Crippen LogP contribution in [0.3, 0.4) is 0 Å². The lowest BCUT2D eigenvalue weighted by Gasteiger charge is -2.06. The van der Waals surface area contributed by atoms with Gasteiger partial charge in [0, 0.05) is 11.8 Å². The number of phenolic OH excluding ortho intramolecular Hbond substituents is 1. The van der Waals surface area contributed by atoms with Crippen LogP contribution in [0.25, 0.3) is 10.8 Å². The fourth-order valence-electron chi connectivity index (χ4n) is 2.67. The number of hydrogen-bond acceptors (Lipinski definition) is 2. The zero-order valence-electron chi connectivity index (χ0n) is 12.7. The van der Waals surface area contributed by atoms with E-state index in [9.17, 15) is 5.11 Å². The molecule has 22 heavy (non-hydrogen) atoms. The molecule has 0 amide bonds. The molecule has 0 saturated carbocycles. The van der Waals surface area contributed by atoms with Crippen LogP contribution < -0.4 is 0 Å². The molecule has 0 heterocycles. The molecule has 0 fully saturated rings. The molecule has 0 aliphatic rings. The second-order valence-corrected chi connectivity index (χ2v) is 5.36. The van der Waals surface area contributed by atoms with E-state index in [1.165, 1.54) is 5.56 Å². The van der Waals surface area contributed by atoms with E-state index in [1.54, 1.807) is 12.3 Å². The molecule has 2 heteroatoms. The number of fused-ring (bicyclic) bond motifs is 1. The number of aromatic hydroxyl groups is 1. The molecule has 0 spiro atoms. The van der Waals surface area contributed by atoms with Crippen molar-refractivity contribution in [1.82, 2.24) is 0 Å². The number of para-hydroxylation sites is 1. The van der Waals surface area contributed by atoms with Gasteiger partial charge in [0.05, 0.1) is 5.69 Å². The van der Waals surface area contributed by atoms with E-state index in [0.29, 0.717) is 0 Å². The van der Waals surface area contributed by atoms with Crippen molar-refractivity contribution >= 4 is 22.7 Å². The maximum atomic E-state index is 10.2.